The Morgan fingerprint density at radius 2 is 1.85 bits per heavy atom. The highest BCUT2D eigenvalue weighted by molar-refractivity contribution is 5.94. The first-order valence-corrected chi connectivity index (χ1v) is 8.17. The number of H-pyrrole nitrogens is 1. The van der Waals surface area contributed by atoms with Gasteiger partial charge >= 0.3 is 0 Å². The van der Waals surface area contributed by atoms with E-state index >= 15 is 0 Å². The van der Waals surface area contributed by atoms with E-state index in [1.54, 1.807) is 12.1 Å². The van der Waals surface area contributed by atoms with Crippen LogP contribution in [-0.2, 0) is 13.0 Å². The van der Waals surface area contributed by atoms with Crippen molar-refractivity contribution in [1.82, 2.24) is 14.7 Å². The number of aromatic nitrogens is 2. The number of fused-ring (bicyclic) bond motifs is 1. The summed E-state index contributed by atoms with van der Waals surface area (Å²) < 4.78 is 28.4. The van der Waals surface area contributed by atoms with Crippen LogP contribution in [-0.4, -0.2) is 27.1 Å². The highest BCUT2D eigenvalue weighted by Gasteiger charge is 2.28. The average molecular weight is 355 g/mol. The van der Waals surface area contributed by atoms with Gasteiger partial charge in [-0.25, -0.2) is 13.5 Å². The molecule has 2 aromatic carbocycles. The van der Waals surface area contributed by atoms with Crippen LogP contribution < -0.4 is 5.56 Å². The molecule has 0 radical (unpaired) electrons. The third kappa shape index (κ3) is 2.71. The number of nitrogens with one attached hydrogen (secondary N) is 1. The second-order valence-corrected chi connectivity index (χ2v) is 6.15. The minimum absolute atomic E-state index is 0.0835. The molecule has 0 fully saturated rings. The number of hydrogen-bond donors (Lipinski definition) is 1. The van der Waals surface area contributed by atoms with Crippen molar-refractivity contribution in [1.29, 1.82) is 0 Å². The van der Waals surface area contributed by atoms with Crippen molar-refractivity contribution >= 4 is 5.91 Å². The molecule has 0 saturated carbocycles. The quantitative estimate of drug-likeness (QED) is 0.768. The molecule has 7 heteroatoms. The molecule has 1 N–H and O–H groups in total. The van der Waals surface area contributed by atoms with Crippen LogP contribution in [0.5, 0.6) is 0 Å². The summed E-state index contributed by atoms with van der Waals surface area (Å²) in [5.41, 5.74) is 1.52. The van der Waals surface area contributed by atoms with Crippen LogP contribution in [0, 0.1) is 11.6 Å². The van der Waals surface area contributed by atoms with Crippen molar-refractivity contribution in [2.75, 3.05) is 6.54 Å². The highest BCUT2D eigenvalue weighted by atomic mass is 19.1. The van der Waals surface area contributed by atoms with Gasteiger partial charge in [-0.05, 0) is 24.3 Å². The van der Waals surface area contributed by atoms with E-state index in [9.17, 15) is 18.4 Å². The molecule has 1 aromatic heterocycles. The summed E-state index contributed by atoms with van der Waals surface area (Å²) in [6, 6.07) is 12.0. The number of carbonyl (C=O) groups excluding carboxylic acids is 1. The first-order chi connectivity index (χ1) is 12.5. The maximum Gasteiger partial charge on any atom is 0.276 e. The molecule has 0 saturated heterocycles. The SMILES string of the molecule is O=C(c1ccc(F)cc1F)N1CCc2[nH]n(-c3ccccc3)c(=O)c2C1. The van der Waals surface area contributed by atoms with Gasteiger partial charge in [0.25, 0.3) is 11.5 Å². The van der Waals surface area contributed by atoms with Crippen molar-refractivity contribution in [3.8, 4) is 5.69 Å². The van der Waals surface area contributed by atoms with Crippen LogP contribution in [0.15, 0.2) is 53.3 Å². The van der Waals surface area contributed by atoms with Gasteiger partial charge in [0.1, 0.15) is 11.6 Å². The van der Waals surface area contributed by atoms with Crippen LogP contribution in [0.2, 0.25) is 0 Å². The number of amides is 1. The van der Waals surface area contributed by atoms with E-state index in [1.165, 1.54) is 9.58 Å². The molecule has 0 atom stereocenters. The Bertz CT molecular complexity index is 1040. The highest BCUT2D eigenvalue weighted by Crippen LogP contribution is 2.19. The predicted octanol–water partition coefficient (Wildman–Crippen LogP) is 2.64. The first kappa shape index (κ1) is 16.3. The lowest BCUT2D eigenvalue weighted by Crippen LogP contribution is -2.38. The van der Waals surface area contributed by atoms with Gasteiger partial charge in [-0.15, -0.1) is 0 Å². The summed E-state index contributed by atoms with van der Waals surface area (Å²) in [4.78, 5) is 26.7. The van der Waals surface area contributed by atoms with Crippen molar-refractivity contribution in [3.05, 3.63) is 87.3 Å². The van der Waals surface area contributed by atoms with E-state index in [2.05, 4.69) is 5.10 Å². The monoisotopic (exact) mass is 355 g/mol. The largest absolute Gasteiger partial charge is 0.334 e. The molecule has 0 unspecified atom stereocenters. The van der Waals surface area contributed by atoms with Crippen LogP contribution >= 0.6 is 0 Å². The number of aromatic amines is 1. The second-order valence-electron chi connectivity index (χ2n) is 6.15. The lowest BCUT2D eigenvalue weighted by atomic mass is 10.1. The van der Waals surface area contributed by atoms with Gasteiger partial charge in [-0.1, -0.05) is 18.2 Å². The summed E-state index contributed by atoms with van der Waals surface area (Å²) in [5, 5.41) is 3.08. The number of carbonyl (C=O) groups is 1. The Morgan fingerprint density at radius 1 is 1.08 bits per heavy atom. The van der Waals surface area contributed by atoms with E-state index in [1.807, 2.05) is 18.2 Å². The maximum absolute atomic E-state index is 13.9. The summed E-state index contributed by atoms with van der Waals surface area (Å²) in [6.07, 6.45) is 0.457. The Balaban J connectivity index is 1.65. The molecule has 26 heavy (non-hydrogen) atoms. The standard InChI is InChI=1S/C19H15F2N3O2/c20-12-6-7-14(16(21)10-12)18(25)23-9-8-17-15(11-23)19(26)24(22-17)13-4-2-1-3-5-13/h1-7,10,22H,8-9,11H2. The molecule has 0 spiro atoms. The molecule has 132 valence electrons. The zero-order valence-electron chi connectivity index (χ0n) is 13.7. The summed E-state index contributed by atoms with van der Waals surface area (Å²) >= 11 is 0. The number of halogens is 2. The third-order valence-electron chi connectivity index (χ3n) is 4.52. The van der Waals surface area contributed by atoms with Gasteiger partial charge in [0, 0.05) is 24.7 Å². The van der Waals surface area contributed by atoms with E-state index in [0.717, 1.165) is 17.8 Å². The summed E-state index contributed by atoms with van der Waals surface area (Å²) in [6.45, 7) is 0.428. The van der Waals surface area contributed by atoms with Gasteiger partial charge in [-0.2, -0.15) is 0 Å². The fourth-order valence-electron chi connectivity index (χ4n) is 3.17. The maximum atomic E-state index is 13.9. The molecule has 3 aromatic rings. The molecule has 4 rings (SSSR count). The van der Waals surface area contributed by atoms with E-state index in [0.29, 0.717) is 30.3 Å². The van der Waals surface area contributed by atoms with Crippen LogP contribution in [0.25, 0.3) is 5.69 Å². The minimum Gasteiger partial charge on any atom is -0.334 e. The smallest absolute Gasteiger partial charge is 0.276 e. The number of rotatable bonds is 2. The van der Waals surface area contributed by atoms with Crippen molar-refractivity contribution in [2.45, 2.75) is 13.0 Å². The number of nitrogens with zero attached hydrogens (tertiary/aromatic N) is 2. The average Bonchev–Trinajstić information content (AvgIpc) is 2.98. The Kier molecular flexibility index (Phi) is 3.91. The molecular weight excluding hydrogens is 340 g/mol. The molecule has 5 nitrogen and oxygen atoms in total. The molecule has 0 aliphatic carbocycles. The number of benzene rings is 2. The van der Waals surface area contributed by atoms with Gasteiger partial charge in [0.05, 0.1) is 23.4 Å². The van der Waals surface area contributed by atoms with Crippen LogP contribution in [0.4, 0.5) is 8.78 Å². The predicted molar refractivity (Wildman–Crippen MR) is 91.2 cm³/mol. The van der Waals surface area contributed by atoms with E-state index in [4.69, 9.17) is 0 Å². The summed E-state index contributed by atoms with van der Waals surface area (Å²) in [5.74, 6) is -2.20. The minimum atomic E-state index is -0.906. The van der Waals surface area contributed by atoms with Crippen molar-refractivity contribution < 1.29 is 13.6 Å². The molecule has 0 bridgehead atoms. The van der Waals surface area contributed by atoms with Crippen molar-refractivity contribution in [3.63, 3.8) is 0 Å². The van der Waals surface area contributed by atoms with Gasteiger partial charge in [-0.3, -0.25) is 14.7 Å². The van der Waals surface area contributed by atoms with Crippen molar-refractivity contribution in [2.24, 2.45) is 0 Å². The van der Waals surface area contributed by atoms with E-state index < -0.39 is 17.5 Å². The second kappa shape index (κ2) is 6.25. The Hall–Kier alpha value is -3.22. The molecule has 1 aliphatic rings. The normalized spacial score (nSPS) is 13.5. The summed E-state index contributed by atoms with van der Waals surface area (Å²) in [7, 11) is 0. The fourth-order valence-corrected chi connectivity index (χ4v) is 3.17. The lowest BCUT2D eigenvalue weighted by Gasteiger charge is -2.26. The zero-order valence-corrected chi connectivity index (χ0v) is 13.7. The van der Waals surface area contributed by atoms with Gasteiger partial charge in [0.15, 0.2) is 0 Å². The molecule has 1 amide bonds. The fraction of sp³-hybridized carbons (Fsp3) is 0.158. The topological polar surface area (TPSA) is 58.1 Å². The molecule has 2 heterocycles. The first-order valence-electron chi connectivity index (χ1n) is 8.17. The van der Waals surface area contributed by atoms with Crippen LogP contribution in [0.1, 0.15) is 21.6 Å². The Labute approximate surface area is 147 Å². The van der Waals surface area contributed by atoms with Crippen LogP contribution in [0.3, 0.4) is 0 Å². The molecule has 1 aliphatic heterocycles. The van der Waals surface area contributed by atoms with E-state index in [-0.39, 0.29) is 17.7 Å². The Morgan fingerprint density at radius 3 is 2.58 bits per heavy atom. The van der Waals surface area contributed by atoms with Gasteiger partial charge in [0.2, 0.25) is 0 Å². The van der Waals surface area contributed by atoms with Gasteiger partial charge < -0.3 is 4.90 Å². The number of hydrogen-bond acceptors (Lipinski definition) is 2. The number of para-hydroxylation sites is 1. The third-order valence-corrected chi connectivity index (χ3v) is 4.52. The lowest BCUT2D eigenvalue weighted by molar-refractivity contribution is 0.0729. The molecular formula is C19H15F2N3O2. The zero-order chi connectivity index (χ0) is 18.3.